The topological polar surface area (TPSA) is 12.0 Å². The lowest BCUT2D eigenvalue weighted by atomic mass is 10.1. The van der Waals surface area contributed by atoms with E-state index in [9.17, 15) is 8.78 Å². The van der Waals surface area contributed by atoms with Crippen molar-refractivity contribution in [2.45, 2.75) is 20.4 Å². The lowest BCUT2D eigenvalue weighted by Gasteiger charge is -2.09. The predicted octanol–water partition coefficient (Wildman–Crippen LogP) is 4.19. The highest BCUT2D eigenvalue weighted by Gasteiger charge is 2.03. The summed E-state index contributed by atoms with van der Waals surface area (Å²) in [7, 11) is 0. The first kappa shape index (κ1) is 12.6. The molecule has 1 nitrogen and oxygen atoms in total. The van der Waals surface area contributed by atoms with Crippen molar-refractivity contribution in [3.05, 3.63) is 64.7 Å². The Balaban J connectivity index is 2.11. The fourth-order valence-electron chi connectivity index (χ4n) is 1.72. The van der Waals surface area contributed by atoms with Crippen LogP contribution in [0.4, 0.5) is 14.5 Å². The zero-order chi connectivity index (χ0) is 13.1. The summed E-state index contributed by atoms with van der Waals surface area (Å²) >= 11 is 0. The summed E-state index contributed by atoms with van der Waals surface area (Å²) < 4.78 is 26.8. The van der Waals surface area contributed by atoms with Gasteiger partial charge in [0, 0.05) is 6.54 Å². The average molecular weight is 247 g/mol. The van der Waals surface area contributed by atoms with Crippen molar-refractivity contribution in [3.8, 4) is 0 Å². The van der Waals surface area contributed by atoms with Crippen molar-refractivity contribution in [3.63, 3.8) is 0 Å². The zero-order valence-corrected chi connectivity index (χ0v) is 10.4. The minimum absolute atomic E-state index is 0.237. The molecule has 0 radical (unpaired) electrons. The summed E-state index contributed by atoms with van der Waals surface area (Å²) in [6.07, 6.45) is 0. The molecule has 2 aromatic carbocycles. The van der Waals surface area contributed by atoms with Gasteiger partial charge in [0.2, 0.25) is 0 Å². The van der Waals surface area contributed by atoms with Crippen LogP contribution >= 0.6 is 0 Å². The first-order valence-corrected chi connectivity index (χ1v) is 5.81. The van der Waals surface area contributed by atoms with Crippen molar-refractivity contribution in [2.24, 2.45) is 0 Å². The molecule has 0 aromatic heterocycles. The third-order valence-electron chi connectivity index (χ3n) is 2.84. The molecule has 0 bridgehead atoms. The van der Waals surface area contributed by atoms with Gasteiger partial charge in [-0.3, -0.25) is 0 Å². The molecule has 0 saturated carbocycles. The van der Waals surface area contributed by atoms with Crippen LogP contribution in [0.5, 0.6) is 0 Å². The lowest BCUT2D eigenvalue weighted by molar-refractivity contribution is 0.616. The maximum Gasteiger partial charge on any atom is 0.146 e. The summed E-state index contributed by atoms with van der Waals surface area (Å²) in [5.41, 5.74) is 2.82. The van der Waals surface area contributed by atoms with E-state index < -0.39 is 0 Å². The van der Waals surface area contributed by atoms with Gasteiger partial charge in [0.1, 0.15) is 11.6 Å². The van der Waals surface area contributed by atoms with Gasteiger partial charge in [-0.05, 0) is 48.7 Å². The van der Waals surface area contributed by atoms with E-state index in [4.69, 9.17) is 0 Å². The largest absolute Gasteiger partial charge is 0.379 e. The fraction of sp³-hybridized carbons (Fsp3) is 0.200. The third kappa shape index (κ3) is 2.86. The Bertz CT molecular complexity index is 564. The Labute approximate surface area is 105 Å². The minimum Gasteiger partial charge on any atom is -0.379 e. The minimum atomic E-state index is -0.298. The van der Waals surface area contributed by atoms with Crippen LogP contribution in [-0.4, -0.2) is 0 Å². The number of benzene rings is 2. The second-order valence-corrected chi connectivity index (χ2v) is 4.42. The first-order valence-electron chi connectivity index (χ1n) is 5.81. The Morgan fingerprint density at radius 1 is 0.944 bits per heavy atom. The number of hydrogen-bond donors (Lipinski definition) is 1. The third-order valence-corrected chi connectivity index (χ3v) is 2.84. The smallest absolute Gasteiger partial charge is 0.146 e. The highest BCUT2D eigenvalue weighted by Crippen LogP contribution is 2.17. The van der Waals surface area contributed by atoms with Gasteiger partial charge in [-0.25, -0.2) is 8.78 Å². The van der Waals surface area contributed by atoms with Crippen LogP contribution in [0, 0.1) is 25.5 Å². The molecule has 94 valence electrons. The fourth-order valence-corrected chi connectivity index (χ4v) is 1.72. The molecule has 0 fully saturated rings. The number of hydrogen-bond acceptors (Lipinski definition) is 1. The summed E-state index contributed by atoms with van der Waals surface area (Å²) in [6.45, 7) is 4.01. The van der Waals surface area contributed by atoms with E-state index >= 15 is 0 Å². The van der Waals surface area contributed by atoms with Crippen LogP contribution in [0.2, 0.25) is 0 Å². The molecule has 0 atom stereocenters. The van der Waals surface area contributed by atoms with E-state index in [0.717, 1.165) is 11.1 Å². The molecule has 0 saturated heterocycles. The number of rotatable bonds is 3. The number of anilines is 1. The van der Waals surface area contributed by atoms with Gasteiger partial charge in [0.05, 0.1) is 5.69 Å². The molecule has 0 amide bonds. The molecule has 0 aliphatic carbocycles. The van der Waals surface area contributed by atoms with Crippen LogP contribution in [0.25, 0.3) is 0 Å². The van der Waals surface area contributed by atoms with E-state index in [2.05, 4.69) is 5.32 Å². The molecule has 0 aliphatic rings. The van der Waals surface area contributed by atoms with Gasteiger partial charge in [-0.1, -0.05) is 18.2 Å². The van der Waals surface area contributed by atoms with Crippen LogP contribution in [0.3, 0.4) is 0 Å². The van der Waals surface area contributed by atoms with Crippen LogP contribution in [0.15, 0.2) is 36.4 Å². The maximum absolute atomic E-state index is 13.5. The van der Waals surface area contributed by atoms with E-state index in [0.29, 0.717) is 17.8 Å². The maximum atomic E-state index is 13.5. The Hall–Kier alpha value is -1.90. The van der Waals surface area contributed by atoms with Crippen molar-refractivity contribution in [1.82, 2.24) is 0 Å². The van der Waals surface area contributed by atoms with Crippen molar-refractivity contribution < 1.29 is 8.78 Å². The quantitative estimate of drug-likeness (QED) is 0.857. The van der Waals surface area contributed by atoms with Crippen molar-refractivity contribution in [1.29, 1.82) is 0 Å². The summed E-state index contributed by atoms with van der Waals surface area (Å²) in [6, 6.07) is 9.90. The van der Waals surface area contributed by atoms with Crippen LogP contribution < -0.4 is 5.32 Å². The highest BCUT2D eigenvalue weighted by molar-refractivity contribution is 5.47. The van der Waals surface area contributed by atoms with Gasteiger partial charge in [-0.15, -0.1) is 0 Å². The van der Waals surface area contributed by atoms with Gasteiger partial charge in [0.15, 0.2) is 0 Å². The average Bonchev–Trinajstić information content (AvgIpc) is 2.34. The standard InChI is InChI=1S/C15H15F2N/c1-10-3-6-13(16)15(7-10)18-9-12-5-4-11(2)14(17)8-12/h3-8,18H,9H2,1-2H3. The molecule has 0 unspecified atom stereocenters. The molecule has 2 aromatic rings. The summed E-state index contributed by atoms with van der Waals surface area (Å²) in [4.78, 5) is 0. The molecule has 0 spiro atoms. The van der Waals surface area contributed by atoms with E-state index in [-0.39, 0.29) is 11.6 Å². The van der Waals surface area contributed by atoms with Crippen molar-refractivity contribution >= 4 is 5.69 Å². The highest BCUT2D eigenvalue weighted by atomic mass is 19.1. The zero-order valence-electron chi connectivity index (χ0n) is 10.4. The molecule has 0 heterocycles. The van der Waals surface area contributed by atoms with Gasteiger partial charge in [0.25, 0.3) is 0 Å². The number of nitrogens with one attached hydrogen (secondary N) is 1. The van der Waals surface area contributed by atoms with Gasteiger partial charge < -0.3 is 5.32 Å². The summed E-state index contributed by atoms with van der Waals surface area (Å²) in [5, 5.41) is 2.98. The van der Waals surface area contributed by atoms with Gasteiger partial charge >= 0.3 is 0 Å². The lowest BCUT2D eigenvalue weighted by Crippen LogP contribution is -2.02. The molecular weight excluding hydrogens is 232 g/mol. The van der Waals surface area contributed by atoms with E-state index in [1.54, 1.807) is 25.1 Å². The van der Waals surface area contributed by atoms with Crippen molar-refractivity contribution in [2.75, 3.05) is 5.32 Å². The normalized spacial score (nSPS) is 10.4. The molecule has 0 aliphatic heterocycles. The number of halogens is 2. The molecule has 2 rings (SSSR count). The summed E-state index contributed by atoms with van der Waals surface area (Å²) in [5.74, 6) is -0.535. The number of aryl methyl sites for hydroxylation is 2. The van der Waals surface area contributed by atoms with Crippen LogP contribution in [0.1, 0.15) is 16.7 Å². The van der Waals surface area contributed by atoms with Crippen LogP contribution in [-0.2, 0) is 6.54 Å². The molecule has 18 heavy (non-hydrogen) atoms. The first-order chi connectivity index (χ1) is 8.56. The molecule has 3 heteroatoms. The SMILES string of the molecule is Cc1ccc(F)c(NCc2ccc(C)c(F)c2)c1. The van der Waals surface area contributed by atoms with E-state index in [1.807, 2.05) is 13.0 Å². The predicted molar refractivity (Wildman–Crippen MR) is 69.6 cm³/mol. The molecular formula is C15H15F2N. The second-order valence-electron chi connectivity index (χ2n) is 4.42. The second kappa shape index (κ2) is 5.17. The van der Waals surface area contributed by atoms with Gasteiger partial charge in [-0.2, -0.15) is 0 Å². The Morgan fingerprint density at radius 2 is 1.72 bits per heavy atom. The monoisotopic (exact) mass is 247 g/mol. The Kier molecular flexibility index (Phi) is 3.60. The van der Waals surface area contributed by atoms with E-state index in [1.165, 1.54) is 12.1 Å². The Morgan fingerprint density at radius 3 is 2.44 bits per heavy atom. The molecule has 1 N–H and O–H groups in total.